The topological polar surface area (TPSA) is 79.8 Å². The van der Waals surface area contributed by atoms with Crippen molar-refractivity contribution in [3.63, 3.8) is 0 Å². The van der Waals surface area contributed by atoms with E-state index in [1.54, 1.807) is 18.2 Å². The molecular weight excluding hydrogens is 919 g/mol. The van der Waals surface area contributed by atoms with Crippen molar-refractivity contribution in [1.29, 1.82) is 10.5 Å². The summed E-state index contributed by atoms with van der Waals surface area (Å²) in [6.07, 6.45) is 4.97. The summed E-state index contributed by atoms with van der Waals surface area (Å²) in [4.78, 5) is 14.0. The summed E-state index contributed by atoms with van der Waals surface area (Å²) >= 11 is 0. The van der Waals surface area contributed by atoms with Crippen LogP contribution in [0.15, 0.2) is 199 Å². The molecule has 13 aromatic rings. The minimum Gasteiger partial charge on any atom is -0.308 e. The SMILES string of the molecule is [C-]#[N+]C(=Cc1ccc(-n2c3ccccc3c3c2c2c4ccccc4n(-c4ccc(/C=C(/C#N)[N+]#[C-])c5ccccc45)c2c2c4ccccc4n(-c4ccc(/C=C(\C#N)[N+]#[C-])c5ccccc45)c32)c2ccccc12)[N+]#[C-]. The number of hydrogen-bond acceptors (Lipinski definition) is 2. The highest BCUT2D eigenvalue weighted by Gasteiger charge is 2.30. The summed E-state index contributed by atoms with van der Waals surface area (Å²) in [5, 5.41) is 31.5. The zero-order valence-corrected chi connectivity index (χ0v) is 39.6. The van der Waals surface area contributed by atoms with E-state index in [-0.39, 0.29) is 17.2 Å². The number of allylic oxidation sites excluding steroid dienone is 2. The standard InChI is InChI=1S/C66H33N9/c1-69-43(38-67)35-40-29-32-57(48-20-8-5-17-45(40)48)73-54-26-14-11-23-51(54)61-64-62(52-24-12-15-27-55(52)74(64)58-33-30-41(36-44(39-68)70-2)46-18-6-9-21-49(46)58)66-63(65(61)73)53-25-13-16-28-56(53)75(66)59-34-31-42(37-60(71-3)72-4)47-19-7-10-22-50(47)59/h5-37H/b43-35+,44-36-. The molecule has 342 valence electrons. The predicted octanol–water partition coefficient (Wildman–Crippen LogP) is 17.1. The molecule has 0 unspecified atom stereocenters. The van der Waals surface area contributed by atoms with Gasteiger partial charge in [0, 0.05) is 54.6 Å². The maximum atomic E-state index is 9.88. The van der Waals surface area contributed by atoms with Gasteiger partial charge in [0.15, 0.2) is 0 Å². The van der Waals surface area contributed by atoms with Crippen LogP contribution in [-0.2, 0) is 0 Å². The first-order chi connectivity index (χ1) is 37.0. The fourth-order valence-corrected chi connectivity index (χ4v) is 11.5. The largest absolute Gasteiger partial charge is 0.519 e. The van der Waals surface area contributed by atoms with Gasteiger partial charge in [0.1, 0.15) is 13.1 Å². The van der Waals surface area contributed by atoms with E-state index in [4.69, 9.17) is 26.3 Å². The van der Waals surface area contributed by atoms with E-state index in [1.807, 2.05) is 72.8 Å². The fraction of sp³-hybridized carbons (Fsp3) is 0. The molecular formula is C66H33N9. The molecule has 0 radical (unpaired) electrons. The van der Waals surface area contributed by atoms with Crippen LogP contribution in [0.25, 0.3) is 152 Å². The van der Waals surface area contributed by atoms with Gasteiger partial charge in [-0.25, -0.2) is 20.2 Å². The van der Waals surface area contributed by atoms with Crippen LogP contribution in [0.5, 0.6) is 0 Å². The Morgan fingerprint density at radius 2 is 0.613 bits per heavy atom. The van der Waals surface area contributed by atoms with E-state index in [0.29, 0.717) is 0 Å². The van der Waals surface area contributed by atoms with Gasteiger partial charge in [0.2, 0.25) is 0 Å². The van der Waals surface area contributed by atoms with Crippen LogP contribution < -0.4 is 0 Å². The molecule has 0 N–H and O–H groups in total. The molecule has 9 heteroatoms. The van der Waals surface area contributed by atoms with E-state index in [1.165, 1.54) is 0 Å². The third-order valence-corrected chi connectivity index (χ3v) is 14.4. The summed E-state index contributed by atoms with van der Waals surface area (Å²) in [6, 6.07) is 66.5. The lowest BCUT2D eigenvalue weighted by atomic mass is 10.00. The Balaban J connectivity index is 1.31. The summed E-state index contributed by atoms with van der Waals surface area (Å²) in [5.41, 5.74) is 10.9. The van der Waals surface area contributed by atoms with E-state index in [2.05, 4.69) is 154 Å². The number of benzene rings is 10. The van der Waals surface area contributed by atoms with Gasteiger partial charge in [-0.1, -0.05) is 146 Å². The Hall–Kier alpha value is -11.5. The van der Waals surface area contributed by atoms with Crippen LogP contribution in [0.2, 0.25) is 0 Å². The second-order valence-corrected chi connectivity index (χ2v) is 18.1. The predicted molar refractivity (Wildman–Crippen MR) is 304 cm³/mol. The lowest BCUT2D eigenvalue weighted by molar-refractivity contribution is 1.19. The molecule has 0 saturated carbocycles. The van der Waals surface area contributed by atoms with Gasteiger partial charge < -0.3 is 13.7 Å². The molecule has 75 heavy (non-hydrogen) atoms. The monoisotopic (exact) mass is 951 g/mol. The summed E-state index contributed by atoms with van der Waals surface area (Å²) in [5.74, 6) is -0.0172. The third-order valence-electron chi connectivity index (χ3n) is 14.4. The molecule has 13 rings (SSSR count). The highest BCUT2D eigenvalue weighted by Crippen LogP contribution is 2.52. The number of rotatable bonds is 6. The molecule has 3 heterocycles. The normalized spacial score (nSPS) is 11.8. The van der Waals surface area contributed by atoms with Crippen molar-refractivity contribution in [2.24, 2.45) is 0 Å². The van der Waals surface area contributed by atoms with Crippen LogP contribution in [0.1, 0.15) is 16.7 Å². The molecule has 10 aromatic carbocycles. The van der Waals surface area contributed by atoms with Crippen molar-refractivity contribution in [3.8, 4) is 29.2 Å². The zero-order valence-electron chi connectivity index (χ0n) is 39.6. The first kappa shape index (κ1) is 43.6. The molecule has 0 atom stereocenters. The van der Waals surface area contributed by atoms with E-state index in [9.17, 15) is 10.5 Å². The summed E-state index contributed by atoms with van der Waals surface area (Å²) in [6.45, 7) is 30.9. The Kier molecular flexibility index (Phi) is 9.96. The molecule has 0 bridgehead atoms. The minimum absolute atomic E-state index is 0.00206. The van der Waals surface area contributed by atoms with Crippen molar-refractivity contribution in [2.75, 3.05) is 0 Å². The van der Waals surface area contributed by atoms with E-state index in [0.717, 1.165) is 131 Å². The molecule has 0 fully saturated rings. The highest BCUT2D eigenvalue weighted by atomic mass is 15.1. The molecule has 0 spiro atoms. The van der Waals surface area contributed by atoms with E-state index < -0.39 is 0 Å². The average molecular weight is 952 g/mol. The number of fused-ring (bicyclic) bond motifs is 15. The Bertz CT molecular complexity index is 4500. The number of nitriles is 2. The zero-order chi connectivity index (χ0) is 50.9. The smallest absolute Gasteiger partial charge is 0.308 e. The highest BCUT2D eigenvalue weighted by molar-refractivity contribution is 6.41. The van der Waals surface area contributed by atoms with Crippen molar-refractivity contribution >= 4 is 116 Å². The molecule has 0 amide bonds. The van der Waals surface area contributed by atoms with Crippen molar-refractivity contribution in [1.82, 2.24) is 13.7 Å². The molecule has 0 saturated heterocycles. The lowest BCUT2D eigenvalue weighted by Gasteiger charge is -2.17. The molecule has 9 nitrogen and oxygen atoms in total. The van der Waals surface area contributed by atoms with Gasteiger partial charge >= 0.3 is 5.82 Å². The van der Waals surface area contributed by atoms with Gasteiger partial charge in [0.25, 0.3) is 11.4 Å². The van der Waals surface area contributed by atoms with Gasteiger partial charge in [-0.3, -0.25) is 0 Å². The van der Waals surface area contributed by atoms with Crippen molar-refractivity contribution in [3.05, 3.63) is 262 Å². The number of nitrogens with zero attached hydrogens (tertiary/aromatic N) is 9. The Labute approximate surface area is 429 Å². The third kappa shape index (κ3) is 6.38. The van der Waals surface area contributed by atoms with Crippen LogP contribution in [0.4, 0.5) is 0 Å². The molecule has 3 aromatic heterocycles. The lowest BCUT2D eigenvalue weighted by Crippen LogP contribution is -2.00. The van der Waals surface area contributed by atoms with Crippen LogP contribution in [0.3, 0.4) is 0 Å². The van der Waals surface area contributed by atoms with E-state index >= 15 is 0 Å². The molecule has 0 aliphatic rings. The minimum atomic E-state index is -0.0172. The number of hydrogen-bond donors (Lipinski definition) is 0. The molecule has 0 aliphatic carbocycles. The van der Waals surface area contributed by atoms with Gasteiger partial charge in [0.05, 0.1) is 75.4 Å². The van der Waals surface area contributed by atoms with Crippen LogP contribution >= 0.6 is 0 Å². The number of aromatic nitrogens is 3. The van der Waals surface area contributed by atoms with Gasteiger partial charge in [-0.15, -0.1) is 0 Å². The van der Waals surface area contributed by atoms with Crippen molar-refractivity contribution < 1.29 is 0 Å². The quantitative estimate of drug-likeness (QED) is 0.123. The van der Waals surface area contributed by atoms with Crippen LogP contribution in [0, 0.1) is 49.0 Å². The second kappa shape index (κ2) is 17.1. The maximum Gasteiger partial charge on any atom is 0.519 e. The van der Waals surface area contributed by atoms with Crippen molar-refractivity contribution in [2.45, 2.75) is 0 Å². The Morgan fingerprint density at radius 3 is 0.907 bits per heavy atom. The molecule has 0 aliphatic heterocycles. The average Bonchev–Trinajstić information content (AvgIpc) is 4.33. The fourth-order valence-electron chi connectivity index (χ4n) is 11.5. The van der Waals surface area contributed by atoms with Gasteiger partial charge in [-0.2, -0.15) is 9.69 Å². The first-order valence-electron chi connectivity index (χ1n) is 23.9. The van der Waals surface area contributed by atoms with Crippen LogP contribution in [-0.4, -0.2) is 13.7 Å². The number of para-hydroxylation sites is 3. The second-order valence-electron chi connectivity index (χ2n) is 18.1. The van der Waals surface area contributed by atoms with Gasteiger partial charge in [-0.05, 0) is 81.4 Å². The summed E-state index contributed by atoms with van der Waals surface area (Å²) in [7, 11) is 0. The Morgan fingerprint density at radius 1 is 0.333 bits per heavy atom. The summed E-state index contributed by atoms with van der Waals surface area (Å²) < 4.78 is 7.18. The first-order valence-corrected chi connectivity index (χ1v) is 23.9. The maximum absolute atomic E-state index is 9.88.